The quantitative estimate of drug-likeness (QED) is 0.377. The molecule has 0 unspecified atom stereocenters. The van der Waals surface area contributed by atoms with E-state index in [1.54, 1.807) is 19.1 Å². The molecular formula is C18H21FN2O4. The molecule has 1 rings (SSSR count). The molecule has 0 aliphatic heterocycles. The Balaban J connectivity index is 3.02. The number of carboxylic acids is 1. The smallest absolute Gasteiger partial charge is 0.352 e. The minimum Gasteiger partial charge on any atom is -0.477 e. The van der Waals surface area contributed by atoms with Gasteiger partial charge in [0.05, 0.1) is 0 Å². The van der Waals surface area contributed by atoms with E-state index in [4.69, 9.17) is 10.8 Å². The second-order valence-electron chi connectivity index (χ2n) is 5.23. The third-order valence-electron chi connectivity index (χ3n) is 3.66. The van der Waals surface area contributed by atoms with Gasteiger partial charge in [-0.1, -0.05) is 26.0 Å². The van der Waals surface area contributed by atoms with Crippen molar-refractivity contribution in [3.05, 3.63) is 58.1 Å². The highest BCUT2D eigenvalue weighted by molar-refractivity contribution is 6.03. The van der Waals surface area contributed by atoms with Gasteiger partial charge >= 0.3 is 5.97 Å². The Morgan fingerprint density at radius 3 is 2.52 bits per heavy atom. The van der Waals surface area contributed by atoms with Gasteiger partial charge in [0.2, 0.25) is 0 Å². The van der Waals surface area contributed by atoms with Gasteiger partial charge in [0.1, 0.15) is 17.8 Å². The molecule has 0 saturated carbocycles. The third kappa shape index (κ3) is 5.27. The molecule has 4 N–H and O–H groups in total. The van der Waals surface area contributed by atoms with Crippen LogP contribution in [0, 0.1) is 5.82 Å². The van der Waals surface area contributed by atoms with Gasteiger partial charge in [-0.3, -0.25) is 9.59 Å². The molecular weight excluding hydrogens is 327 g/mol. The Labute approximate surface area is 145 Å². The van der Waals surface area contributed by atoms with Gasteiger partial charge in [-0.2, -0.15) is 0 Å². The highest BCUT2D eigenvalue weighted by Gasteiger charge is 2.19. The molecule has 0 aromatic heterocycles. The normalized spacial score (nSPS) is 12.4. The van der Waals surface area contributed by atoms with E-state index in [1.807, 2.05) is 6.92 Å². The number of aliphatic carboxylic acids is 1. The summed E-state index contributed by atoms with van der Waals surface area (Å²) in [5.74, 6) is -2.31. The zero-order valence-electron chi connectivity index (χ0n) is 14.1. The van der Waals surface area contributed by atoms with Gasteiger partial charge in [-0.15, -0.1) is 0 Å². The van der Waals surface area contributed by atoms with Gasteiger partial charge in [0.15, 0.2) is 0 Å². The van der Waals surface area contributed by atoms with Crippen molar-refractivity contribution >= 4 is 18.2 Å². The van der Waals surface area contributed by atoms with Crippen LogP contribution in [0.2, 0.25) is 0 Å². The van der Waals surface area contributed by atoms with E-state index in [0.29, 0.717) is 23.8 Å². The van der Waals surface area contributed by atoms with Gasteiger partial charge in [-0.05, 0) is 41.7 Å². The maximum Gasteiger partial charge on any atom is 0.352 e. The first-order valence-electron chi connectivity index (χ1n) is 7.78. The summed E-state index contributed by atoms with van der Waals surface area (Å²) in [7, 11) is 0. The third-order valence-corrected chi connectivity index (χ3v) is 3.66. The van der Waals surface area contributed by atoms with Gasteiger partial charge in [-0.25, -0.2) is 9.18 Å². The highest BCUT2D eigenvalue weighted by atomic mass is 19.1. The Bertz CT molecular complexity index is 739. The molecule has 1 aromatic rings. The van der Waals surface area contributed by atoms with E-state index in [1.165, 1.54) is 6.07 Å². The summed E-state index contributed by atoms with van der Waals surface area (Å²) in [5.41, 5.74) is 6.20. The van der Waals surface area contributed by atoms with Crippen LogP contribution in [0.5, 0.6) is 0 Å². The van der Waals surface area contributed by atoms with Crippen LogP contribution in [0.1, 0.15) is 31.4 Å². The number of allylic oxidation sites excluding steroid dienone is 1. The van der Waals surface area contributed by atoms with Crippen molar-refractivity contribution in [2.24, 2.45) is 5.73 Å². The molecule has 0 radical (unpaired) electrons. The molecule has 1 amide bonds. The Morgan fingerprint density at radius 1 is 1.32 bits per heavy atom. The van der Waals surface area contributed by atoms with E-state index >= 15 is 0 Å². The molecule has 0 aliphatic rings. The van der Waals surface area contributed by atoms with Crippen LogP contribution < -0.4 is 11.1 Å². The van der Waals surface area contributed by atoms with E-state index in [0.717, 1.165) is 6.08 Å². The number of nitrogens with one attached hydrogen (secondary N) is 1. The summed E-state index contributed by atoms with van der Waals surface area (Å²) in [6.45, 7) is 3.55. The van der Waals surface area contributed by atoms with Gasteiger partial charge in [0.25, 0.3) is 5.91 Å². The number of carbonyl (C=O) groups excluding carboxylic acids is 2. The van der Waals surface area contributed by atoms with Crippen molar-refractivity contribution in [2.75, 3.05) is 0 Å². The molecule has 0 bridgehead atoms. The molecule has 6 nitrogen and oxygen atoms in total. The summed E-state index contributed by atoms with van der Waals surface area (Å²) < 4.78 is 13.5. The highest BCUT2D eigenvalue weighted by Crippen LogP contribution is 2.17. The molecule has 0 atom stereocenters. The van der Waals surface area contributed by atoms with Crippen LogP contribution in [0.25, 0.3) is 0 Å². The average molecular weight is 348 g/mol. The zero-order valence-corrected chi connectivity index (χ0v) is 14.1. The van der Waals surface area contributed by atoms with Crippen molar-refractivity contribution < 1.29 is 23.9 Å². The molecule has 1 aromatic carbocycles. The minimum absolute atomic E-state index is 0.0745. The number of nitrogens with two attached hydrogens (primary N) is 1. The lowest BCUT2D eigenvalue weighted by molar-refractivity contribution is -0.132. The maximum absolute atomic E-state index is 13.5. The lowest BCUT2D eigenvalue weighted by Crippen LogP contribution is -2.27. The molecule has 0 spiro atoms. The first-order valence-corrected chi connectivity index (χ1v) is 7.78. The number of carboxylic acid groups (broad SMARTS) is 1. The summed E-state index contributed by atoms with van der Waals surface area (Å²) in [6, 6.07) is 4.50. The lowest BCUT2D eigenvalue weighted by atomic mass is 10.00. The SMILES string of the molecule is CCC(=C(/N)C(=O)O)/C(=C\C=O)C(=O)NCc1ccc(F)c(CC)c1. The Hall–Kier alpha value is -2.96. The maximum atomic E-state index is 13.5. The number of carbonyl (C=O) groups is 3. The lowest BCUT2D eigenvalue weighted by Gasteiger charge is -2.13. The fraction of sp³-hybridized carbons (Fsp3) is 0.278. The largest absolute Gasteiger partial charge is 0.477 e. The molecule has 25 heavy (non-hydrogen) atoms. The second-order valence-corrected chi connectivity index (χ2v) is 5.23. The number of benzene rings is 1. The second kappa shape index (κ2) is 9.36. The Morgan fingerprint density at radius 2 is 2.00 bits per heavy atom. The summed E-state index contributed by atoms with van der Waals surface area (Å²) in [5, 5.41) is 11.6. The number of rotatable bonds is 8. The molecule has 0 fully saturated rings. The standard InChI is InChI=1S/C18H21FN2O4/c1-3-12-9-11(5-6-15(12)19)10-21-17(23)14(7-8-22)13(4-2)16(20)18(24)25/h5-9H,3-4,10,20H2,1-2H3,(H,21,23)(H,24,25)/b14-7+,16-13-. The number of aryl methyl sites for hydroxylation is 1. The minimum atomic E-state index is -1.37. The summed E-state index contributed by atoms with van der Waals surface area (Å²) in [4.78, 5) is 34.2. The van der Waals surface area contributed by atoms with Crippen LogP contribution >= 0.6 is 0 Å². The first-order chi connectivity index (χ1) is 11.8. The first kappa shape index (κ1) is 20.1. The summed E-state index contributed by atoms with van der Waals surface area (Å²) >= 11 is 0. The zero-order chi connectivity index (χ0) is 19.0. The van der Waals surface area contributed by atoms with Crippen LogP contribution in [-0.2, 0) is 27.3 Å². The van der Waals surface area contributed by atoms with Crippen molar-refractivity contribution in [2.45, 2.75) is 33.2 Å². The fourth-order valence-corrected chi connectivity index (χ4v) is 2.32. The van der Waals surface area contributed by atoms with Crippen molar-refractivity contribution in [3.63, 3.8) is 0 Å². The number of aldehydes is 1. The van der Waals surface area contributed by atoms with E-state index < -0.39 is 17.6 Å². The van der Waals surface area contributed by atoms with Crippen LogP contribution in [-0.4, -0.2) is 23.3 Å². The number of hydrogen-bond donors (Lipinski definition) is 3. The van der Waals surface area contributed by atoms with Crippen LogP contribution in [0.4, 0.5) is 4.39 Å². The predicted octanol–water partition coefficient (Wildman–Crippen LogP) is 1.84. The molecule has 0 heterocycles. The topological polar surface area (TPSA) is 109 Å². The molecule has 0 saturated heterocycles. The Kier molecular flexibility index (Phi) is 7.52. The monoisotopic (exact) mass is 348 g/mol. The number of halogens is 1. The molecule has 7 heteroatoms. The van der Waals surface area contributed by atoms with E-state index in [9.17, 15) is 18.8 Å². The number of amides is 1. The molecule has 134 valence electrons. The summed E-state index contributed by atoms with van der Waals surface area (Å²) in [6.07, 6.45) is 2.06. The van der Waals surface area contributed by atoms with Crippen molar-refractivity contribution in [1.82, 2.24) is 5.32 Å². The van der Waals surface area contributed by atoms with Crippen molar-refractivity contribution in [1.29, 1.82) is 0 Å². The predicted molar refractivity (Wildman–Crippen MR) is 90.9 cm³/mol. The van der Waals surface area contributed by atoms with Gasteiger partial charge in [0, 0.05) is 12.1 Å². The fourth-order valence-electron chi connectivity index (χ4n) is 2.32. The van der Waals surface area contributed by atoms with Crippen molar-refractivity contribution in [3.8, 4) is 0 Å². The molecule has 0 aliphatic carbocycles. The average Bonchev–Trinajstić information content (AvgIpc) is 2.60. The van der Waals surface area contributed by atoms with E-state index in [-0.39, 0.29) is 29.9 Å². The van der Waals surface area contributed by atoms with Crippen LogP contribution in [0.15, 0.2) is 41.1 Å². The van der Waals surface area contributed by atoms with Crippen LogP contribution in [0.3, 0.4) is 0 Å². The number of hydrogen-bond acceptors (Lipinski definition) is 4. The van der Waals surface area contributed by atoms with E-state index in [2.05, 4.69) is 5.32 Å². The van der Waals surface area contributed by atoms with Gasteiger partial charge < -0.3 is 16.2 Å².